The first kappa shape index (κ1) is 20.6. The van der Waals surface area contributed by atoms with Crippen molar-refractivity contribution in [1.29, 1.82) is 0 Å². The lowest BCUT2D eigenvalue weighted by Gasteiger charge is -2.24. The van der Waals surface area contributed by atoms with Crippen LogP contribution in [0.1, 0.15) is 24.5 Å². The number of aryl methyl sites for hydroxylation is 1. The van der Waals surface area contributed by atoms with E-state index in [1.54, 1.807) is 48.2 Å². The summed E-state index contributed by atoms with van der Waals surface area (Å²) < 4.78 is 7.94. The van der Waals surface area contributed by atoms with Gasteiger partial charge in [-0.1, -0.05) is 36.8 Å². The van der Waals surface area contributed by atoms with Crippen molar-refractivity contribution in [2.75, 3.05) is 38.2 Å². The van der Waals surface area contributed by atoms with Gasteiger partial charge >= 0.3 is 0 Å². The number of carbonyl (C=O) groups is 1. The lowest BCUT2D eigenvalue weighted by atomic mass is 10.3. The summed E-state index contributed by atoms with van der Waals surface area (Å²) in [6.45, 7) is 7.30. The summed E-state index contributed by atoms with van der Waals surface area (Å²) in [7, 11) is 3.40. The van der Waals surface area contributed by atoms with Crippen molar-refractivity contribution in [3.63, 3.8) is 0 Å². The van der Waals surface area contributed by atoms with Crippen molar-refractivity contribution >= 4 is 44.2 Å². The topological polar surface area (TPSA) is 63.5 Å². The van der Waals surface area contributed by atoms with Gasteiger partial charge in [-0.25, -0.2) is 9.97 Å². The second-order valence-electron chi connectivity index (χ2n) is 6.27. The number of methoxy groups -OCH3 is 1. The molecule has 0 fully saturated rings. The second-order valence-corrected chi connectivity index (χ2v) is 7.65. The molecule has 150 valence electrons. The van der Waals surface area contributed by atoms with Crippen LogP contribution >= 0.6 is 22.9 Å². The second kappa shape index (κ2) is 8.89. The number of amides is 1. The summed E-state index contributed by atoms with van der Waals surface area (Å²) in [6, 6.07) is 3.57. The average molecular weight is 422 g/mol. The maximum Gasteiger partial charge on any atom is 0.296 e. The Kier molecular flexibility index (Phi) is 6.53. The number of likely N-dealkylation sites (N-methyl/N-ethyl adjacent to an activating group) is 1. The van der Waals surface area contributed by atoms with E-state index in [0.29, 0.717) is 33.8 Å². The van der Waals surface area contributed by atoms with Crippen LogP contribution < -0.4 is 9.64 Å². The van der Waals surface area contributed by atoms with Crippen LogP contribution in [0.25, 0.3) is 10.2 Å². The number of halogens is 1. The highest BCUT2D eigenvalue weighted by Gasteiger charge is 2.25. The molecule has 9 heteroatoms. The molecule has 7 nitrogen and oxygen atoms in total. The molecule has 3 aromatic rings. The maximum absolute atomic E-state index is 13.3. The molecule has 0 saturated heterocycles. The van der Waals surface area contributed by atoms with Crippen molar-refractivity contribution in [2.24, 2.45) is 7.05 Å². The van der Waals surface area contributed by atoms with Gasteiger partial charge in [0.25, 0.3) is 5.91 Å². The molecular weight excluding hydrogens is 398 g/mol. The summed E-state index contributed by atoms with van der Waals surface area (Å²) in [4.78, 5) is 26.1. The molecule has 0 aliphatic heterocycles. The first-order chi connectivity index (χ1) is 13.5. The number of ether oxygens (including phenoxy) is 1. The van der Waals surface area contributed by atoms with E-state index in [0.717, 1.165) is 24.3 Å². The fourth-order valence-electron chi connectivity index (χ4n) is 2.98. The Labute approximate surface area is 173 Å². The molecule has 2 heterocycles. The van der Waals surface area contributed by atoms with Crippen molar-refractivity contribution in [3.8, 4) is 5.75 Å². The number of benzene rings is 1. The predicted octanol–water partition coefficient (Wildman–Crippen LogP) is 3.68. The van der Waals surface area contributed by atoms with Gasteiger partial charge < -0.3 is 14.2 Å². The number of fused-ring (bicyclic) bond motifs is 1. The van der Waals surface area contributed by atoms with E-state index < -0.39 is 0 Å². The predicted molar refractivity (Wildman–Crippen MR) is 114 cm³/mol. The lowest BCUT2D eigenvalue weighted by Crippen LogP contribution is -2.39. The van der Waals surface area contributed by atoms with Gasteiger partial charge in [0.2, 0.25) is 0 Å². The number of nitrogens with zero attached hydrogens (tertiary/aromatic N) is 5. The van der Waals surface area contributed by atoms with Crippen LogP contribution in [0.15, 0.2) is 24.5 Å². The van der Waals surface area contributed by atoms with Crippen molar-refractivity contribution in [3.05, 3.63) is 35.4 Å². The Morgan fingerprint density at radius 3 is 2.64 bits per heavy atom. The quantitative estimate of drug-likeness (QED) is 0.555. The third-order valence-corrected chi connectivity index (χ3v) is 6.23. The van der Waals surface area contributed by atoms with Crippen LogP contribution in [-0.4, -0.2) is 58.6 Å². The third-order valence-electron chi connectivity index (χ3n) is 4.69. The van der Waals surface area contributed by atoms with E-state index in [-0.39, 0.29) is 5.91 Å². The van der Waals surface area contributed by atoms with Gasteiger partial charge in [0.1, 0.15) is 11.3 Å². The Balaban J connectivity index is 2.03. The van der Waals surface area contributed by atoms with Crippen LogP contribution in [0.5, 0.6) is 5.75 Å². The molecule has 0 bridgehead atoms. The minimum Gasteiger partial charge on any atom is -0.494 e. The molecule has 0 aliphatic rings. The normalized spacial score (nSPS) is 11.4. The number of carbonyl (C=O) groups excluding carboxylic acids is 1. The van der Waals surface area contributed by atoms with Gasteiger partial charge in [-0.15, -0.1) is 0 Å². The van der Waals surface area contributed by atoms with E-state index >= 15 is 0 Å². The van der Waals surface area contributed by atoms with Gasteiger partial charge in [0, 0.05) is 32.5 Å². The van der Waals surface area contributed by atoms with Crippen LogP contribution in [0.2, 0.25) is 5.02 Å². The third kappa shape index (κ3) is 3.99. The molecule has 2 aromatic heterocycles. The van der Waals surface area contributed by atoms with Crippen LogP contribution in [-0.2, 0) is 7.05 Å². The Morgan fingerprint density at radius 1 is 1.29 bits per heavy atom. The Hall–Kier alpha value is -2.16. The number of hydrogen-bond donors (Lipinski definition) is 0. The van der Waals surface area contributed by atoms with E-state index in [2.05, 4.69) is 23.7 Å². The minimum atomic E-state index is -0.186. The van der Waals surface area contributed by atoms with Gasteiger partial charge in [0.05, 0.1) is 16.8 Å². The smallest absolute Gasteiger partial charge is 0.296 e. The highest BCUT2D eigenvalue weighted by atomic mass is 35.5. The standard InChI is InChI=1S/C19H24ClN5O2S/c1-5-24(6-2)11-12-25(18(26)17-21-9-10-23(17)3)19-22-15-14(27-4)8-7-13(20)16(15)28-19/h7-10H,5-6,11-12H2,1-4H3. The van der Waals surface area contributed by atoms with Gasteiger partial charge in [-0.05, 0) is 25.2 Å². The molecule has 0 N–H and O–H groups in total. The van der Waals surface area contributed by atoms with Crippen molar-refractivity contribution in [2.45, 2.75) is 13.8 Å². The summed E-state index contributed by atoms with van der Waals surface area (Å²) in [6.07, 6.45) is 3.38. The molecule has 1 amide bonds. The molecule has 0 spiro atoms. The number of imidazole rings is 1. The fourth-order valence-corrected chi connectivity index (χ4v) is 4.26. The van der Waals surface area contributed by atoms with Gasteiger partial charge in [0.15, 0.2) is 11.0 Å². The number of aromatic nitrogens is 3. The van der Waals surface area contributed by atoms with E-state index in [9.17, 15) is 4.79 Å². The molecule has 0 saturated carbocycles. The molecule has 0 radical (unpaired) electrons. The minimum absolute atomic E-state index is 0.186. The zero-order chi connectivity index (χ0) is 20.3. The SMILES string of the molecule is CCN(CC)CCN(C(=O)c1nccn1C)c1nc2c(OC)ccc(Cl)c2s1. The molecule has 0 aliphatic carbocycles. The van der Waals surface area contributed by atoms with Gasteiger partial charge in [-0.3, -0.25) is 9.69 Å². The first-order valence-electron chi connectivity index (χ1n) is 9.14. The molecule has 28 heavy (non-hydrogen) atoms. The molecule has 0 atom stereocenters. The highest BCUT2D eigenvalue weighted by Crippen LogP contribution is 2.38. The summed E-state index contributed by atoms with van der Waals surface area (Å²) >= 11 is 7.75. The zero-order valence-corrected chi connectivity index (χ0v) is 18.0. The number of anilines is 1. The van der Waals surface area contributed by atoms with E-state index in [4.69, 9.17) is 21.3 Å². The Morgan fingerprint density at radius 2 is 2.04 bits per heavy atom. The van der Waals surface area contributed by atoms with E-state index in [1.165, 1.54) is 11.3 Å². The number of thiazole rings is 1. The van der Waals surface area contributed by atoms with Crippen LogP contribution in [0.4, 0.5) is 5.13 Å². The summed E-state index contributed by atoms with van der Waals surface area (Å²) in [5, 5.41) is 1.18. The van der Waals surface area contributed by atoms with Crippen LogP contribution in [0, 0.1) is 0 Å². The number of hydrogen-bond acceptors (Lipinski definition) is 6. The monoisotopic (exact) mass is 421 g/mol. The fraction of sp³-hybridized carbons (Fsp3) is 0.421. The first-order valence-corrected chi connectivity index (χ1v) is 10.3. The zero-order valence-electron chi connectivity index (χ0n) is 16.5. The number of rotatable bonds is 8. The Bertz CT molecular complexity index is 967. The summed E-state index contributed by atoms with van der Waals surface area (Å²) in [5.74, 6) is 0.820. The highest BCUT2D eigenvalue weighted by molar-refractivity contribution is 7.23. The van der Waals surface area contributed by atoms with Crippen LogP contribution in [0.3, 0.4) is 0 Å². The average Bonchev–Trinajstić information content (AvgIpc) is 3.32. The largest absolute Gasteiger partial charge is 0.494 e. The molecule has 3 rings (SSSR count). The van der Waals surface area contributed by atoms with E-state index in [1.807, 2.05) is 0 Å². The summed E-state index contributed by atoms with van der Waals surface area (Å²) in [5.41, 5.74) is 0.662. The molecule has 1 aromatic carbocycles. The van der Waals surface area contributed by atoms with Crippen molar-refractivity contribution in [1.82, 2.24) is 19.4 Å². The molecular formula is C19H24ClN5O2S. The lowest BCUT2D eigenvalue weighted by molar-refractivity contribution is 0.0971. The van der Waals surface area contributed by atoms with Gasteiger partial charge in [-0.2, -0.15) is 0 Å². The maximum atomic E-state index is 13.3. The van der Waals surface area contributed by atoms with Crippen molar-refractivity contribution < 1.29 is 9.53 Å². The molecule has 0 unspecified atom stereocenters.